The Bertz CT molecular complexity index is 701. The first-order chi connectivity index (χ1) is 11.4. The van der Waals surface area contributed by atoms with E-state index in [9.17, 15) is 4.79 Å². The van der Waals surface area contributed by atoms with Crippen LogP contribution in [-0.2, 0) is 14.9 Å². The van der Waals surface area contributed by atoms with Gasteiger partial charge in [0.1, 0.15) is 19.0 Å². The van der Waals surface area contributed by atoms with E-state index in [1.165, 1.54) is 16.7 Å². The first kappa shape index (κ1) is 16.4. The van der Waals surface area contributed by atoms with E-state index in [0.717, 1.165) is 5.75 Å². The fourth-order valence-corrected chi connectivity index (χ4v) is 2.74. The summed E-state index contributed by atoms with van der Waals surface area (Å²) in [7, 11) is 0. The Kier molecular flexibility index (Phi) is 4.47. The topological polar surface area (TPSA) is 44.8 Å². The van der Waals surface area contributed by atoms with E-state index >= 15 is 0 Å². The Balaban J connectivity index is 1.67. The van der Waals surface area contributed by atoms with Crippen LogP contribution in [0.15, 0.2) is 48.5 Å². The summed E-state index contributed by atoms with van der Waals surface area (Å²) in [4.78, 5) is 10.9. The molecule has 0 bridgehead atoms. The summed E-state index contributed by atoms with van der Waals surface area (Å²) in [5.41, 5.74) is 3.67. The van der Waals surface area contributed by atoms with Crippen molar-refractivity contribution in [3.05, 3.63) is 65.2 Å². The molecule has 126 valence electrons. The first-order valence-corrected chi connectivity index (χ1v) is 8.09. The number of carbonyl (C=O) groups excluding carboxylic acids is 1. The van der Waals surface area contributed by atoms with Crippen molar-refractivity contribution in [2.75, 3.05) is 13.2 Å². The molecule has 1 fully saturated rings. The van der Waals surface area contributed by atoms with Gasteiger partial charge in [-0.15, -0.1) is 0 Å². The molecule has 0 spiro atoms. The second-order valence-corrected chi connectivity index (χ2v) is 6.63. The Morgan fingerprint density at radius 1 is 1.04 bits per heavy atom. The molecular formula is C20H22O4. The molecule has 4 heteroatoms. The van der Waals surface area contributed by atoms with E-state index in [1.54, 1.807) is 0 Å². The molecule has 3 rings (SSSR count). The minimum Gasteiger partial charge on any atom is -0.490 e. The maximum atomic E-state index is 10.9. The third-order valence-electron chi connectivity index (χ3n) is 4.44. The highest BCUT2D eigenvalue weighted by Crippen LogP contribution is 2.32. The maximum Gasteiger partial charge on any atom is 0.508 e. The van der Waals surface area contributed by atoms with Crippen molar-refractivity contribution in [1.82, 2.24) is 0 Å². The number of cyclic esters (lactones) is 2. The number of aryl methyl sites for hydroxylation is 1. The number of ether oxygens (including phenoxy) is 3. The lowest BCUT2D eigenvalue weighted by atomic mass is 9.78. The van der Waals surface area contributed by atoms with Crippen LogP contribution in [0.1, 0.15) is 30.5 Å². The van der Waals surface area contributed by atoms with E-state index in [2.05, 4.69) is 57.2 Å². The maximum absolute atomic E-state index is 10.9. The molecule has 0 amide bonds. The third-order valence-corrected chi connectivity index (χ3v) is 4.44. The molecule has 1 atom stereocenters. The normalized spacial score (nSPS) is 17.3. The minimum atomic E-state index is -0.626. The number of benzene rings is 2. The molecule has 0 N–H and O–H groups in total. The summed E-state index contributed by atoms with van der Waals surface area (Å²) in [6, 6.07) is 16.7. The van der Waals surface area contributed by atoms with Gasteiger partial charge in [-0.2, -0.15) is 0 Å². The van der Waals surface area contributed by atoms with E-state index < -0.39 is 6.16 Å². The van der Waals surface area contributed by atoms with Crippen molar-refractivity contribution < 1.29 is 19.0 Å². The molecule has 24 heavy (non-hydrogen) atoms. The van der Waals surface area contributed by atoms with Crippen LogP contribution in [-0.4, -0.2) is 25.5 Å². The van der Waals surface area contributed by atoms with Crippen LogP contribution >= 0.6 is 0 Å². The SMILES string of the molecule is Cc1ccc(C(C)(C)c2ccc(OCC3COC(=O)O3)cc2)cc1. The van der Waals surface area contributed by atoms with Crippen LogP contribution in [0.25, 0.3) is 0 Å². The molecule has 1 saturated heterocycles. The zero-order chi connectivity index (χ0) is 17.2. The van der Waals surface area contributed by atoms with Gasteiger partial charge in [-0.25, -0.2) is 4.79 Å². The zero-order valence-corrected chi connectivity index (χ0v) is 14.2. The van der Waals surface area contributed by atoms with E-state index in [1.807, 2.05) is 12.1 Å². The van der Waals surface area contributed by atoms with Crippen molar-refractivity contribution in [3.8, 4) is 5.75 Å². The van der Waals surface area contributed by atoms with Crippen molar-refractivity contribution in [2.24, 2.45) is 0 Å². The molecule has 1 unspecified atom stereocenters. The molecule has 1 aliphatic rings. The molecule has 0 radical (unpaired) electrons. The fourth-order valence-electron chi connectivity index (χ4n) is 2.74. The van der Waals surface area contributed by atoms with E-state index in [4.69, 9.17) is 14.2 Å². The van der Waals surface area contributed by atoms with Gasteiger partial charge in [0.15, 0.2) is 6.10 Å². The average molecular weight is 326 g/mol. The molecule has 0 saturated carbocycles. The standard InChI is InChI=1S/C20H22O4/c1-14-4-6-15(7-5-14)20(2,3)16-8-10-17(11-9-16)22-12-18-13-23-19(21)24-18/h4-11,18H,12-13H2,1-3H3. The van der Waals surface area contributed by atoms with E-state index in [-0.39, 0.29) is 18.1 Å². The molecule has 4 nitrogen and oxygen atoms in total. The molecule has 1 heterocycles. The van der Waals surface area contributed by atoms with Crippen LogP contribution in [0.2, 0.25) is 0 Å². The summed E-state index contributed by atoms with van der Waals surface area (Å²) >= 11 is 0. The number of rotatable bonds is 5. The average Bonchev–Trinajstić information content (AvgIpc) is 2.99. The number of carbonyl (C=O) groups is 1. The van der Waals surface area contributed by atoms with Gasteiger partial charge in [0.2, 0.25) is 0 Å². The second-order valence-electron chi connectivity index (χ2n) is 6.63. The highest BCUT2D eigenvalue weighted by molar-refractivity contribution is 5.61. The number of hydrogen-bond acceptors (Lipinski definition) is 4. The lowest BCUT2D eigenvalue weighted by Gasteiger charge is -2.26. The van der Waals surface area contributed by atoms with Gasteiger partial charge in [-0.05, 0) is 30.2 Å². The quantitative estimate of drug-likeness (QED) is 0.771. The van der Waals surface area contributed by atoms with Crippen molar-refractivity contribution in [2.45, 2.75) is 32.3 Å². The lowest BCUT2D eigenvalue weighted by Crippen LogP contribution is -2.20. The zero-order valence-electron chi connectivity index (χ0n) is 14.2. The smallest absolute Gasteiger partial charge is 0.490 e. The van der Waals surface area contributed by atoms with Gasteiger partial charge >= 0.3 is 6.16 Å². The van der Waals surface area contributed by atoms with Crippen LogP contribution in [0.5, 0.6) is 5.75 Å². The Hall–Kier alpha value is -2.49. The lowest BCUT2D eigenvalue weighted by molar-refractivity contribution is 0.0983. The highest BCUT2D eigenvalue weighted by atomic mass is 16.8. The molecule has 2 aromatic carbocycles. The van der Waals surface area contributed by atoms with Crippen molar-refractivity contribution in [3.63, 3.8) is 0 Å². The van der Waals surface area contributed by atoms with Crippen molar-refractivity contribution >= 4 is 6.16 Å². The summed E-state index contributed by atoms with van der Waals surface area (Å²) in [6.07, 6.45) is -0.958. The largest absolute Gasteiger partial charge is 0.508 e. The molecule has 2 aromatic rings. The van der Waals surface area contributed by atoms with Gasteiger partial charge in [0.05, 0.1) is 0 Å². The fraction of sp³-hybridized carbons (Fsp3) is 0.350. The Morgan fingerprint density at radius 3 is 2.17 bits per heavy atom. The second kappa shape index (κ2) is 6.56. The molecular weight excluding hydrogens is 304 g/mol. The summed E-state index contributed by atoms with van der Waals surface area (Å²) in [5.74, 6) is 0.751. The van der Waals surface area contributed by atoms with Gasteiger partial charge in [0.25, 0.3) is 0 Å². The van der Waals surface area contributed by atoms with Gasteiger partial charge in [0, 0.05) is 5.41 Å². The van der Waals surface area contributed by atoms with Gasteiger partial charge < -0.3 is 14.2 Å². The summed E-state index contributed by atoms with van der Waals surface area (Å²) in [6.45, 7) is 7.06. The van der Waals surface area contributed by atoms with Gasteiger partial charge in [-0.1, -0.05) is 55.8 Å². The van der Waals surface area contributed by atoms with Crippen LogP contribution in [0.4, 0.5) is 4.79 Å². The Labute approximate surface area is 142 Å². The predicted molar refractivity (Wildman–Crippen MR) is 91.5 cm³/mol. The van der Waals surface area contributed by atoms with Gasteiger partial charge in [-0.3, -0.25) is 0 Å². The van der Waals surface area contributed by atoms with E-state index in [0.29, 0.717) is 6.61 Å². The summed E-state index contributed by atoms with van der Waals surface area (Å²) < 4.78 is 15.3. The molecule has 0 aromatic heterocycles. The first-order valence-electron chi connectivity index (χ1n) is 8.09. The van der Waals surface area contributed by atoms with Crippen LogP contribution in [0, 0.1) is 6.92 Å². The van der Waals surface area contributed by atoms with Crippen molar-refractivity contribution in [1.29, 1.82) is 0 Å². The number of hydrogen-bond donors (Lipinski definition) is 0. The summed E-state index contributed by atoms with van der Waals surface area (Å²) in [5, 5.41) is 0. The predicted octanol–water partition coefficient (Wildman–Crippen LogP) is 4.24. The Morgan fingerprint density at radius 2 is 1.62 bits per heavy atom. The monoisotopic (exact) mass is 326 g/mol. The minimum absolute atomic E-state index is 0.0823. The van der Waals surface area contributed by atoms with Crippen LogP contribution < -0.4 is 4.74 Å². The van der Waals surface area contributed by atoms with Crippen LogP contribution in [0.3, 0.4) is 0 Å². The molecule has 0 aliphatic carbocycles. The third kappa shape index (κ3) is 3.53. The molecule has 1 aliphatic heterocycles. The highest BCUT2D eigenvalue weighted by Gasteiger charge is 2.26.